The largest absolute Gasteiger partial charge is 0.315 e. The molecule has 0 aliphatic carbocycles. The number of halogens is 2. The molecule has 130 valence electrons. The second kappa shape index (κ2) is 7.46. The molecule has 25 heavy (non-hydrogen) atoms. The Bertz CT molecular complexity index is 867. The van der Waals surface area contributed by atoms with Gasteiger partial charge in [-0.15, -0.1) is 0 Å². The van der Waals surface area contributed by atoms with Crippen molar-refractivity contribution in [1.29, 1.82) is 0 Å². The quantitative estimate of drug-likeness (QED) is 0.690. The molecule has 1 aliphatic rings. The molecule has 1 N–H and O–H groups in total. The minimum Gasteiger partial charge on any atom is -0.315 e. The number of pyridine rings is 1. The zero-order valence-electron chi connectivity index (χ0n) is 13.9. The number of imidazole rings is 1. The van der Waals surface area contributed by atoms with Gasteiger partial charge in [0, 0.05) is 35.9 Å². The highest BCUT2D eigenvalue weighted by Crippen LogP contribution is 2.28. The normalized spacial score (nSPS) is 16.2. The van der Waals surface area contributed by atoms with E-state index in [9.17, 15) is 0 Å². The first kappa shape index (κ1) is 17.0. The number of hydrogen-bond donors (Lipinski definition) is 1. The molecular weight excluding hydrogens is 400 g/mol. The monoisotopic (exact) mass is 418 g/mol. The predicted molar refractivity (Wildman–Crippen MR) is 106 cm³/mol. The molecule has 4 nitrogen and oxygen atoms in total. The van der Waals surface area contributed by atoms with E-state index in [4.69, 9.17) is 16.6 Å². The summed E-state index contributed by atoms with van der Waals surface area (Å²) in [5, 5.41) is 4.19. The molecular formula is C19H20BrClN4. The van der Waals surface area contributed by atoms with Gasteiger partial charge in [-0.3, -0.25) is 4.90 Å². The SMILES string of the molecule is Clc1ccc2nc(-c3ccc(Br)cc3)c(CN3CCCNCC3)n2c1. The second-order valence-corrected chi connectivity index (χ2v) is 7.72. The first-order chi connectivity index (χ1) is 12.2. The average Bonchev–Trinajstić information content (AvgIpc) is 2.79. The first-order valence-electron chi connectivity index (χ1n) is 8.56. The van der Waals surface area contributed by atoms with E-state index in [1.165, 1.54) is 12.1 Å². The molecule has 0 atom stereocenters. The summed E-state index contributed by atoms with van der Waals surface area (Å²) in [6.07, 6.45) is 3.14. The van der Waals surface area contributed by atoms with Crippen molar-refractivity contribution in [1.82, 2.24) is 19.6 Å². The van der Waals surface area contributed by atoms with Crippen LogP contribution in [0.15, 0.2) is 47.1 Å². The lowest BCUT2D eigenvalue weighted by atomic mass is 10.1. The summed E-state index contributed by atoms with van der Waals surface area (Å²) in [5.74, 6) is 0. The van der Waals surface area contributed by atoms with Crippen LogP contribution in [0.3, 0.4) is 0 Å². The lowest BCUT2D eigenvalue weighted by molar-refractivity contribution is 0.281. The summed E-state index contributed by atoms with van der Waals surface area (Å²) in [5.41, 5.74) is 4.30. The first-order valence-corrected chi connectivity index (χ1v) is 9.73. The van der Waals surface area contributed by atoms with Gasteiger partial charge >= 0.3 is 0 Å². The van der Waals surface area contributed by atoms with Crippen molar-refractivity contribution in [2.75, 3.05) is 26.2 Å². The molecule has 3 aromatic rings. The fourth-order valence-electron chi connectivity index (χ4n) is 3.33. The van der Waals surface area contributed by atoms with Gasteiger partial charge in [-0.2, -0.15) is 0 Å². The maximum atomic E-state index is 6.26. The van der Waals surface area contributed by atoms with E-state index in [1.807, 2.05) is 18.3 Å². The van der Waals surface area contributed by atoms with Crippen molar-refractivity contribution in [2.24, 2.45) is 0 Å². The molecule has 0 spiro atoms. The van der Waals surface area contributed by atoms with E-state index < -0.39 is 0 Å². The zero-order valence-corrected chi connectivity index (χ0v) is 16.2. The summed E-state index contributed by atoms with van der Waals surface area (Å²) in [6, 6.07) is 12.2. The van der Waals surface area contributed by atoms with E-state index in [-0.39, 0.29) is 0 Å². The number of aromatic nitrogens is 2. The van der Waals surface area contributed by atoms with Gasteiger partial charge in [-0.25, -0.2) is 4.98 Å². The third-order valence-corrected chi connectivity index (χ3v) is 5.36. The van der Waals surface area contributed by atoms with Crippen LogP contribution in [-0.4, -0.2) is 40.5 Å². The number of nitrogens with one attached hydrogen (secondary N) is 1. The molecule has 0 saturated carbocycles. The Morgan fingerprint density at radius 3 is 2.76 bits per heavy atom. The maximum Gasteiger partial charge on any atom is 0.137 e. The number of rotatable bonds is 3. The maximum absolute atomic E-state index is 6.26. The van der Waals surface area contributed by atoms with E-state index in [0.29, 0.717) is 0 Å². The van der Waals surface area contributed by atoms with Crippen molar-refractivity contribution in [2.45, 2.75) is 13.0 Å². The van der Waals surface area contributed by atoms with Crippen LogP contribution in [0.25, 0.3) is 16.9 Å². The Kier molecular flexibility index (Phi) is 5.08. The number of hydrogen-bond acceptors (Lipinski definition) is 3. The van der Waals surface area contributed by atoms with Crippen molar-refractivity contribution >= 4 is 33.2 Å². The van der Waals surface area contributed by atoms with Crippen LogP contribution < -0.4 is 5.32 Å². The van der Waals surface area contributed by atoms with Gasteiger partial charge in [0.2, 0.25) is 0 Å². The van der Waals surface area contributed by atoms with Crippen LogP contribution >= 0.6 is 27.5 Å². The Morgan fingerprint density at radius 2 is 1.92 bits per heavy atom. The fourth-order valence-corrected chi connectivity index (χ4v) is 3.75. The average molecular weight is 420 g/mol. The van der Waals surface area contributed by atoms with Gasteiger partial charge in [-0.05, 0) is 43.8 Å². The summed E-state index contributed by atoms with van der Waals surface area (Å²) >= 11 is 9.77. The molecule has 1 aromatic carbocycles. The topological polar surface area (TPSA) is 32.6 Å². The third-order valence-electron chi connectivity index (χ3n) is 4.61. The molecule has 1 saturated heterocycles. The third kappa shape index (κ3) is 3.75. The van der Waals surface area contributed by atoms with E-state index in [1.54, 1.807) is 0 Å². The Hall–Kier alpha value is -1.40. The van der Waals surface area contributed by atoms with Crippen molar-refractivity contribution < 1.29 is 0 Å². The summed E-state index contributed by atoms with van der Waals surface area (Å²) in [6.45, 7) is 5.14. The van der Waals surface area contributed by atoms with Crippen LogP contribution in [0.4, 0.5) is 0 Å². The highest BCUT2D eigenvalue weighted by atomic mass is 79.9. The van der Waals surface area contributed by atoms with Crippen molar-refractivity contribution in [3.8, 4) is 11.3 Å². The Balaban J connectivity index is 1.79. The van der Waals surface area contributed by atoms with Crippen LogP contribution in [0.5, 0.6) is 0 Å². The van der Waals surface area contributed by atoms with Gasteiger partial charge in [0.05, 0.1) is 16.4 Å². The smallest absolute Gasteiger partial charge is 0.137 e. The lowest BCUT2D eigenvalue weighted by Crippen LogP contribution is -2.28. The highest BCUT2D eigenvalue weighted by Gasteiger charge is 2.18. The van der Waals surface area contributed by atoms with Gasteiger partial charge < -0.3 is 9.72 Å². The van der Waals surface area contributed by atoms with Gasteiger partial charge in [0.25, 0.3) is 0 Å². The van der Waals surface area contributed by atoms with Crippen molar-refractivity contribution in [3.63, 3.8) is 0 Å². The summed E-state index contributed by atoms with van der Waals surface area (Å²) < 4.78 is 3.21. The Morgan fingerprint density at radius 1 is 1.08 bits per heavy atom. The zero-order chi connectivity index (χ0) is 17.2. The number of fused-ring (bicyclic) bond motifs is 1. The number of nitrogens with zero attached hydrogens (tertiary/aromatic N) is 3. The summed E-state index contributed by atoms with van der Waals surface area (Å²) in [4.78, 5) is 7.38. The van der Waals surface area contributed by atoms with Gasteiger partial charge in [0.1, 0.15) is 5.65 Å². The second-order valence-electron chi connectivity index (χ2n) is 6.37. The molecule has 0 unspecified atom stereocenters. The van der Waals surface area contributed by atoms with Gasteiger partial charge in [0.15, 0.2) is 0 Å². The summed E-state index contributed by atoms with van der Waals surface area (Å²) in [7, 11) is 0. The van der Waals surface area contributed by atoms with E-state index in [0.717, 1.165) is 59.1 Å². The van der Waals surface area contributed by atoms with Crippen LogP contribution in [0.2, 0.25) is 5.02 Å². The van der Waals surface area contributed by atoms with Gasteiger partial charge in [-0.1, -0.05) is 39.7 Å². The minimum atomic E-state index is 0.728. The minimum absolute atomic E-state index is 0.728. The molecule has 3 heterocycles. The molecule has 2 aromatic heterocycles. The molecule has 1 aliphatic heterocycles. The van der Waals surface area contributed by atoms with Crippen LogP contribution in [0, 0.1) is 0 Å². The highest BCUT2D eigenvalue weighted by molar-refractivity contribution is 9.10. The molecule has 4 rings (SSSR count). The van der Waals surface area contributed by atoms with Crippen LogP contribution in [0.1, 0.15) is 12.1 Å². The standard InChI is InChI=1S/C19H20BrClN4/c20-15-4-2-14(3-5-15)19-17(13-24-10-1-8-22-9-11-24)25-12-16(21)6-7-18(25)23-19/h2-7,12,22H,1,8-11,13H2. The lowest BCUT2D eigenvalue weighted by Gasteiger charge is -2.20. The molecule has 1 fully saturated rings. The molecule has 0 radical (unpaired) electrons. The fraction of sp³-hybridized carbons (Fsp3) is 0.316. The molecule has 6 heteroatoms. The molecule has 0 bridgehead atoms. The van der Waals surface area contributed by atoms with E-state index in [2.05, 4.69) is 54.8 Å². The van der Waals surface area contributed by atoms with Crippen LogP contribution in [-0.2, 0) is 6.54 Å². The number of benzene rings is 1. The predicted octanol–water partition coefficient (Wildman–Crippen LogP) is 4.21. The Labute approximate surface area is 160 Å². The van der Waals surface area contributed by atoms with Crippen molar-refractivity contribution in [3.05, 3.63) is 57.8 Å². The molecule has 0 amide bonds. The van der Waals surface area contributed by atoms with E-state index >= 15 is 0 Å².